The molecule has 0 saturated heterocycles. The molecule has 0 aliphatic heterocycles. The third kappa shape index (κ3) is 4.22. The first kappa shape index (κ1) is 21.4. The lowest BCUT2D eigenvalue weighted by atomic mass is 9.89. The van der Waals surface area contributed by atoms with E-state index in [0.29, 0.717) is 5.92 Å². The van der Waals surface area contributed by atoms with Crippen LogP contribution in [0.5, 0.6) is 0 Å². The number of anilines is 1. The van der Waals surface area contributed by atoms with E-state index >= 15 is 0 Å². The van der Waals surface area contributed by atoms with Gasteiger partial charge in [-0.15, -0.1) is 5.10 Å². The maximum absolute atomic E-state index is 4.51. The second-order valence-electron chi connectivity index (χ2n) is 10.2. The smallest absolute Gasteiger partial charge is 0.113 e. The van der Waals surface area contributed by atoms with Gasteiger partial charge in [-0.3, -0.25) is 0 Å². The molecule has 0 spiro atoms. The number of rotatable bonds is 9. The van der Waals surface area contributed by atoms with Gasteiger partial charge in [0.15, 0.2) is 0 Å². The molecule has 4 nitrogen and oxygen atoms in total. The van der Waals surface area contributed by atoms with E-state index in [9.17, 15) is 0 Å². The van der Waals surface area contributed by atoms with Gasteiger partial charge in [-0.1, -0.05) is 67.8 Å². The first-order chi connectivity index (χ1) is 16.8. The quantitative estimate of drug-likeness (QED) is 0.285. The van der Waals surface area contributed by atoms with Crippen LogP contribution in [0.3, 0.4) is 0 Å². The first-order valence-electron chi connectivity index (χ1n) is 13.1. The summed E-state index contributed by atoms with van der Waals surface area (Å²) in [5.74, 6) is 1.72. The van der Waals surface area contributed by atoms with Crippen LogP contribution in [0.2, 0.25) is 0 Å². The molecule has 0 amide bonds. The van der Waals surface area contributed by atoms with Crippen molar-refractivity contribution in [2.45, 2.75) is 70.3 Å². The fourth-order valence-corrected chi connectivity index (χ4v) is 5.76. The number of aromatic nitrogens is 3. The van der Waals surface area contributed by atoms with Crippen molar-refractivity contribution in [3.63, 3.8) is 0 Å². The molecule has 4 aromatic rings. The number of fused-ring (bicyclic) bond motifs is 2. The zero-order valence-corrected chi connectivity index (χ0v) is 20.1. The van der Waals surface area contributed by atoms with Gasteiger partial charge in [0.1, 0.15) is 5.52 Å². The number of nitrogens with one attached hydrogen (secondary N) is 1. The summed E-state index contributed by atoms with van der Waals surface area (Å²) in [7, 11) is 0. The largest absolute Gasteiger partial charge is 0.378 e. The molecular formula is C30H34N4. The molecule has 0 bridgehead atoms. The van der Waals surface area contributed by atoms with Crippen LogP contribution in [0, 0.1) is 5.92 Å². The molecule has 34 heavy (non-hydrogen) atoms. The van der Waals surface area contributed by atoms with E-state index < -0.39 is 0 Å². The van der Waals surface area contributed by atoms with Crippen molar-refractivity contribution < 1.29 is 0 Å². The Morgan fingerprint density at radius 2 is 1.79 bits per heavy atom. The fraction of sp³-hybridized carbons (Fsp3) is 0.400. The third-order valence-corrected chi connectivity index (χ3v) is 7.78. The number of hydrogen-bond donors (Lipinski definition) is 1. The van der Waals surface area contributed by atoms with E-state index in [1.807, 2.05) is 16.8 Å². The summed E-state index contributed by atoms with van der Waals surface area (Å²) >= 11 is 0. The topological polar surface area (TPSA) is 42.7 Å². The van der Waals surface area contributed by atoms with E-state index in [1.54, 1.807) is 0 Å². The van der Waals surface area contributed by atoms with Crippen LogP contribution in [0.15, 0.2) is 66.7 Å². The van der Waals surface area contributed by atoms with Crippen molar-refractivity contribution in [2.24, 2.45) is 5.92 Å². The lowest BCUT2D eigenvalue weighted by Crippen LogP contribution is -2.11. The summed E-state index contributed by atoms with van der Waals surface area (Å²) in [5.41, 5.74) is 8.61. The summed E-state index contributed by atoms with van der Waals surface area (Å²) in [6.07, 6.45) is 10.4. The van der Waals surface area contributed by atoms with E-state index in [4.69, 9.17) is 0 Å². The molecule has 6 rings (SSSR count). The van der Waals surface area contributed by atoms with Gasteiger partial charge in [0.2, 0.25) is 0 Å². The van der Waals surface area contributed by atoms with Gasteiger partial charge < -0.3 is 5.32 Å². The van der Waals surface area contributed by atoms with Crippen LogP contribution in [-0.4, -0.2) is 15.0 Å². The molecule has 2 atom stereocenters. The van der Waals surface area contributed by atoms with Gasteiger partial charge in [0.25, 0.3) is 0 Å². The highest BCUT2D eigenvalue weighted by atomic mass is 15.4. The van der Waals surface area contributed by atoms with Crippen molar-refractivity contribution in [1.82, 2.24) is 15.0 Å². The van der Waals surface area contributed by atoms with E-state index in [-0.39, 0.29) is 6.04 Å². The Bertz CT molecular complexity index is 1270. The maximum Gasteiger partial charge on any atom is 0.113 e. The van der Waals surface area contributed by atoms with Gasteiger partial charge in [-0.2, -0.15) is 0 Å². The molecule has 2 aliphatic rings. The molecule has 1 saturated carbocycles. The summed E-state index contributed by atoms with van der Waals surface area (Å²) in [5, 5.41) is 12.7. The molecule has 2 aliphatic carbocycles. The van der Waals surface area contributed by atoms with Crippen LogP contribution in [0.1, 0.15) is 80.5 Å². The molecule has 0 radical (unpaired) electrons. The minimum Gasteiger partial charge on any atom is -0.378 e. The molecule has 1 fully saturated rings. The highest BCUT2D eigenvalue weighted by Crippen LogP contribution is 2.40. The van der Waals surface area contributed by atoms with E-state index in [2.05, 4.69) is 77.1 Å². The second-order valence-corrected chi connectivity index (χ2v) is 10.2. The average Bonchev–Trinajstić information content (AvgIpc) is 3.46. The Labute approximate surface area is 202 Å². The van der Waals surface area contributed by atoms with Crippen LogP contribution in [0.25, 0.3) is 16.7 Å². The fourth-order valence-electron chi connectivity index (χ4n) is 5.76. The zero-order chi connectivity index (χ0) is 22.9. The number of nitrogens with zero attached hydrogens (tertiary/aromatic N) is 3. The highest BCUT2D eigenvalue weighted by Gasteiger charge is 2.27. The standard InChI is InChI=1S/C30H34N4/c1-2-6-22(14-13-21-11-12-21)23-15-18-25(19-16-23)31-27-20-17-24-7-5-10-29(30(24)27)34-28-9-4-3-8-26(28)32-33-34/h3-5,7-10,15-16,18-19,21-22,27,31H,2,6,11-14,17,20H2,1H3. The van der Waals surface area contributed by atoms with E-state index in [1.165, 1.54) is 60.9 Å². The van der Waals surface area contributed by atoms with Crippen LogP contribution < -0.4 is 5.32 Å². The van der Waals surface area contributed by atoms with Crippen LogP contribution in [0.4, 0.5) is 5.69 Å². The molecule has 2 unspecified atom stereocenters. The van der Waals surface area contributed by atoms with Gasteiger partial charge >= 0.3 is 0 Å². The molecule has 1 N–H and O–H groups in total. The van der Waals surface area contributed by atoms with Crippen molar-refractivity contribution in [3.8, 4) is 5.69 Å². The molecule has 174 valence electrons. The maximum atomic E-state index is 4.51. The lowest BCUT2D eigenvalue weighted by molar-refractivity contribution is 0.523. The van der Waals surface area contributed by atoms with Gasteiger partial charge in [0, 0.05) is 11.3 Å². The SMILES string of the molecule is CCCC(CCC1CC1)c1ccc(NC2CCc3cccc(-n4nnc5ccccc54)c32)cc1. The highest BCUT2D eigenvalue weighted by molar-refractivity contribution is 5.76. The Hall–Kier alpha value is -3.14. The van der Waals surface area contributed by atoms with Crippen molar-refractivity contribution >= 4 is 16.7 Å². The minimum atomic E-state index is 0.279. The molecule has 1 heterocycles. The minimum absolute atomic E-state index is 0.279. The third-order valence-electron chi connectivity index (χ3n) is 7.78. The van der Waals surface area contributed by atoms with Gasteiger partial charge in [-0.05, 0) is 85.4 Å². The number of hydrogen-bond acceptors (Lipinski definition) is 3. The van der Waals surface area contributed by atoms with Gasteiger partial charge in [0.05, 0.1) is 17.2 Å². The zero-order valence-electron chi connectivity index (χ0n) is 20.1. The summed E-state index contributed by atoms with van der Waals surface area (Å²) in [6.45, 7) is 2.31. The second kappa shape index (κ2) is 9.25. The summed E-state index contributed by atoms with van der Waals surface area (Å²) in [6, 6.07) is 24.4. The lowest BCUT2D eigenvalue weighted by Gasteiger charge is -2.20. The van der Waals surface area contributed by atoms with Gasteiger partial charge in [-0.25, -0.2) is 4.68 Å². The molecule has 4 heteroatoms. The Morgan fingerprint density at radius 3 is 2.62 bits per heavy atom. The predicted octanol–water partition coefficient (Wildman–Crippen LogP) is 7.59. The normalized spacial score (nSPS) is 18.2. The Morgan fingerprint density at radius 1 is 0.941 bits per heavy atom. The molecular weight excluding hydrogens is 416 g/mol. The van der Waals surface area contributed by atoms with Crippen molar-refractivity contribution in [2.75, 3.05) is 5.32 Å². The molecule has 3 aromatic carbocycles. The number of benzene rings is 3. The number of aryl methyl sites for hydroxylation is 1. The van der Waals surface area contributed by atoms with Crippen LogP contribution in [-0.2, 0) is 6.42 Å². The number of para-hydroxylation sites is 1. The van der Waals surface area contributed by atoms with Crippen molar-refractivity contribution in [1.29, 1.82) is 0 Å². The van der Waals surface area contributed by atoms with Crippen molar-refractivity contribution in [3.05, 3.63) is 83.4 Å². The Balaban J connectivity index is 1.24. The first-order valence-corrected chi connectivity index (χ1v) is 13.1. The Kier molecular flexibility index (Phi) is 5.82. The summed E-state index contributed by atoms with van der Waals surface area (Å²) < 4.78 is 2.01. The monoisotopic (exact) mass is 450 g/mol. The molecule has 1 aromatic heterocycles. The van der Waals surface area contributed by atoms with Crippen LogP contribution >= 0.6 is 0 Å². The van der Waals surface area contributed by atoms with E-state index in [0.717, 1.165) is 35.5 Å². The average molecular weight is 451 g/mol. The predicted molar refractivity (Wildman–Crippen MR) is 140 cm³/mol. The summed E-state index contributed by atoms with van der Waals surface area (Å²) in [4.78, 5) is 0.